The van der Waals surface area contributed by atoms with Crippen LogP contribution in [0.3, 0.4) is 0 Å². The van der Waals surface area contributed by atoms with Crippen molar-refractivity contribution in [1.29, 1.82) is 0 Å². The van der Waals surface area contributed by atoms with Gasteiger partial charge in [-0.05, 0) is 76.9 Å². The highest BCUT2D eigenvalue weighted by atomic mass is 127. The third kappa shape index (κ3) is 5.21. The van der Waals surface area contributed by atoms with E-state index < -0.39 is 10.0 Å². The number of hydrogen-bond donors (Lipinski definition) is 1. The van der Waals surface area contributed by atoms with Crippen molar-refractivity contribution in [2.24, 2.45) is 0 Å². The van der Waals surface area contributed by atoms with Gasteiger partial charge in [0, 0.05) is 57.8 Å². The van der Waals surface area contributed by atoms with E-state index in [4.69, 9.17) is 0 Å². The fourth-order valence-electron chi connectivity index (χ4n) is 4.33. The monoisotopic (exact) mass is 608 g/mol. The number of fused-ring (bicyclic) bond motifs is 2. The van der Waals surface area contributed by atoms with Gasteiger partial charge in [-0.3, -0.25) is 9.97 Å². The molecular formula is C28H25IN4O2S. The van der Waals surface area contributed by atoms with Gasteiger partial charge in [-0.1, -0.05) is 42.5 Å². The van der Waals surface area contributed by atoms with E-state index >= 15 is 0 Å². The van der Waals surface area contributed by atoms with E-state index in [1.807, 2.05) is 67.6 Å². The first-order valence-electron chi connectivity index (χ1n) is 11.6. The van der Waals surface area contributed by atoms with E-state index in [0.29, 0.717) is 11.4 Å². The first-order valence-corrected chi connectivity index (χ1v) is 14.1. The second kappa shape index (κ2) is 10.5. The van der Waals surface area contributed by atoms with Crippen molar-refractivity contribution in [1.82, 2.24) is 14.3 Å². The number of anilines is 1. The number of pyridine rings is 2. The average molecular weight is 609 g/mol. The number of halogens is 1. The quantitative estimate of drug-likeness (QED) is 0.219. The normalized spacial score (nSPS) is 11.9. The molecule has 0 aliphatic heterocycles. The number of sulfonamides is 1. The molecule has 182 valence electrons. The molecule has 36 heavy (non-hydrogen) atoms. The zero-order chi connectivity index (χ0) is 25.1. The Labute approximate surface area is 224 Å². The first-order chi connectivity index (χ1) is 17.4. The lowest BCUT2D eigenvalue weighted by Gasteiger charge is -2.24. The molecule has 2 heterocycles. The molecule has 6 nitrogen and oxygen atoms in total. The summed E-state index contributed by atoms with van der Waals surface area (Å²) in [6, 6.07) is 24.8. The number of nitrogens with zero attached hydrogens (tertiary/aromatic N) is 3. The number of aryl methyl sites for hydroxylation is 1. The van der Waals surface area contributed by atoms with Crippen LogP contribution in [0.5, 0.6) is 0 Å². The number of aromatic nitrogens is 2. The van der Waals surface area contributed by atoms with E-state index in [1.165, 1.54) is 4.31 Å². The molecule has 0 fully saturated rings. The lowest BCUT2D eigenvalue weighted by atomic mass is 10.1. The Balaban J connectivity index is 1.47. The van der Waals surface area contributed by atoms with Crippen LogP contribution in [0, 0.1) is 10.5 Å². The van der Waals surface area contributed by atoms with Crippen molar-refractivity contribution in [3.8, 4) is 0 Å². The van der Waals surface area contributed by atoms with Crippen molar-refractivity contribution >= 4 is 60.0 Å². The minimum absolute atomic E-state index is 0.231. The maximum Gasteiger partial charge on any atom is 0.244 e. The fourth-order valence-corrected chi connectivity index (χ4v) is 6.47. The minimum atomic E-state index is -3.79. The van der Waals surface area contributed by atoms with Gasteiger partial charge >= 0.3 is 0 Å². The number of hydrogen-bond acceptors (Lipinski definition) is 5. The molecular weight excluding hydrogens is 583 g/mol. The molecule has 5 rings (SSSR count). The average Bonchev–Trinajstić information content (AvgIpc) is 2.88. The molecule has 2 aromatic heterocycles. The van der Waals surface area contributed by atoms with Gasteiger partial charge in [-0.25, -0.2) is 8.42 Å². The Kier molecular flexibility index (Phi) is 7.17. The van der Waals surface area contributed by atoms with Crippen molar-refractivity contribution in [3.63, 3.8) is 0 Å². The predicted molar refractivity (Wildman–Crippen MR) is 153 cm³/mol. The smallest absolute Gasteiger partial charge is 0.244 e. The molecule has 1 N–H and O–H groups in total. The van der Waals surface area contributed by atoms with Gasteiger partial charge in [0.25, 0.3) is 0 Å². The summed E-state index contributed by atoms with van der Waals surface area (Å²) in [5.41, 5.74) is 3.59. The van der Waals surface area contributed by atoms with Gasteiger partial charge in [-0.2, -0.15) is 4.31 Å². The summed E-state index contributed by atoms with van der Waals surface area (Å²) in [5, 5.41) is 6.10. The summed E-state index contributed by atoms with van der Waals surface area (Å²) >= 11 is 2.29. The second-order valence-electron chi connectivity index (χ2n) is 8.58. The molecule has 8 heteroatoms. The van der Waals surface area contributed by atoms with E-state index in [2.05, 4.69) is 43.9 Å². The van der Waals surface area contributed by atoms with Gasteiger partial charge < -0.3 is 5.32 Å². The van der Waals surface area contributed by atoms with Crippen LogP contribution >= 0.6 is 22.6 Å². The van der Waals surface area contributed by atoms with Gasteiger partial charge in [0.2, 0.25) is 10.0 Å². The minimum Gasteiger partial charge on any atom is -0.383 e. The third-order valence-electron chi connectivity index (χ3n) is 6.02. The predicted octanol–water partition coefficient (Wildman–Crippen LogP) is 6.00. The Morgan fingerprint density at radius 2 is 1.78 bits per heavy atom. The maximum atomic E-state index is 14.0. The lowest BCUT2D eigenvalue weighted by Crippen LogP contribution is -2.34. The number of nitrogens with one attached hydrogen (secondary N) is 1. The molecule has 0 saturated carbocycles. The topological polar surface area (TPSA) is 75.2 Å². The summed E-state index contributed by atoms with van der Waals surface area (Å²) in [6.07, 6.45) is 3.40. The van der Waals surface area contributed by atoms with Crippen LogP contribution in [0.4, 0.5) is 5.69 Å². The van der Waals surface area contributed by atoms with E-state index in [-0.39, 0.29) is 13.1 Å². The van der Waals surface area contributed by atoms with Gasteiger partial charge in [0.15, 0.2) is 0 Å². The van der Waals surface area contributed by atoms with Crippen molar-refractivity contribution in [2.75, 3.05) is 18.4 Å². The Morgan fingerprint density at radius 1 is 0.944 bits per heavy atom. The van der Waals surface area contributed by atoms with Crippen LogP contribution < -0.4 is 5.32 Å². The summed E-state index contributed by atoms with van der Waals surface area (Å²) in [4.78, 5) is 9.11. The summed E-state index contributed by atoms with van der Waals surface area (Å²) in [5.74, 6) is 0. The molecule has 3 aromatic carbocycles. The molecule has 0 aliphatic carbocycles. The second-order valence-corrected chi connectivity index (χ2v) is 11.7. The van der Waals surface area contributed by atoms with Crippen LogP contribution in [-0.2, 0) is 16.6 Å². The number of benzene rings is 3. The lowest BCUT2D eigenvalue weighted by molar-refractivity contribution is 0.418. The molecule has 0 bridgehead atoms. The highest BCUT2D eigenvalue weighted by Gasteiger charge is 2.26. The van der Waals surface area contributed by atoms with Crippen LogP contribution in [0.25, 0.3) is 21.7 Å². The Bertz CT molecular complexity index is 1640. The van der Waals surface area contributed by atoms with Gasteiger partial charge in [-0.15, -0.1) is 0 Å². The summed E-state index contributed by atoms with van der Waals surface area (Å²) < 4.78 is 30.6. The van der Waals surface area contributed by atoms with E-state index in [0.717, 1.165) is 42.2 Å². The molecule has 0 aliphatic rings. The highest BCUT2D eigenvalue weighted by Crippen LogP contribution is 2.28. The molecule has 0 saturated heterocycles. The standard InChI is InChI=1S/C28H25IN4O2S/c1-20-16-27(25-17-23(29)11-12-26(25)32-20)31-14-15-33(19-21-6-5-13-30-18-21)36(34,35)28-10-4-8-22-7-2-3-9-24(22)28/h2-13,16-18H,14-15,19H2,1H3,(H,31,32). The summed E-state index contributed by atoms with van der Waals surface area (Å²) in [6.45, 7) is 2.92. The maximum absolute atomic E-state index is 14.0. The Hall–Kier alpha value is -3.08. The van der Waals surface area contributed by atoms with E-state index in [1.54, 1.807) is 24.5 Å². The van der Waals surface area contributed by atoms with Gasteiger partial charge in [0.05, 0.1) is 10.4 Å². The molecule has 0 unspecified atom stereocenters. The van der Waals surface area contributed by atoms with Crippen molar-refractivity contribution in [3.05, 3.63) is 106 Å². The van der Waals surface area contributed by atoms with Gasteiger partial charge in [0.1, 0.15) is 0 Å². The zero-order valence-corrected chi connectivity index (χ0v) is 22.7. The molecule has 5 aromatic rings. The zero-order valence-electron chi connectivity index (χ0n) is 19.7. The van der Waals surface area contributed by atoms with E-state index in [9.17, 15) is 8.42 Å². The van der Waals surface area contributed by atoms with Crippen LogP contribution in [0.1, 0.15) is 11.3 Å². The Morgan fingerprint density at radius 3 is 2.61 bits per heavy atom. The van der Waals surface area contributed by atoms with Crippen molar-refractivity contribution in [2.45, 2.75) is 18.4 Å². The molecule has 0 spiro atoms. The molecule has 0 amide bonds. The number of rotatable bonds is 8. The largest absolute Gasteiger partial charge is 0.383 e. The van der Waals surface area contributed by atoms with Crippen LogP contribution in [-0.4, -0.2) is 35.8 Å². The molecule has 0 radical (unpaired) electrons. The SMILES string of the molecule is Cc1cc(NCCN(Cc2cccnc2)S(=O)(=O)c2cccc3ccccc23)c2cc(I)ccc2n1. The first kappa shape index (κ1) is 24.6. The highest BCUT2D eigenvalue weighted by molar-refractivity contribution is 14.1. The fraction of sp³-hybridized carbons (Fsp3) is 0.143. The van der Waals surface area contributed by atoms with Crippen LogP contribution in [0.15, 0.2) is 96.2 Å². The van der Waals surface area contributed by atoms with Crippen LogP contribution in [0.2, 0.25) is 0 Å². The molecule has 0 atom stereocenters. The van der Waals surface area contributed by atoms with Crippen molar-refractivity contribution < 1.29 is 8.42 Å². The third-order valence-corrected chi connectivity index (χ3v) is 8.60. The summed E-state index contributed by atoms with van der Waals surface area (Å²) in [7, 11) is -3.79.